The van der Waals surface area contributed by atoms with Gasteiger partial charge < -0.3 is 15.0 Å². The van der Waals surface area contributed by atoms with Gasteiger partial charge in [0.15, 0.2) is 0 Å². The molecule has 3 aromatic rings. The summed E-state index contributed by atoms with van der Waals surface area (Å²) in [5.41, 5.74) is 2.71. The molecule has 0 saturated carbocycles. The van der Waals surface area contributed by atoms with E-state index in [1.54, 1.807) is 25.3 Å². The van der Waals surface area contributed by atoms with Gasteiger partial charge in [0.25, 0.3) is 0 Å². The zero-order valence-corrected chi connectivity index (χ0v) is 14.5. The fourth-order valence-electron chi connectivity index (χ4n) is 2.67. The van der Waals surface area contributed by atoms with E-state index in [0.717, 1.165) is 24.4 Å². The molecule has 0 aliphatic heterocycles. The Labute approximate surface area is 151 Å². The van der Waals surface area contributed by atoms with Crippen molar-refractivity contribution in [2.75, 3.05) is 0 Å². The topological polar surface area (TPSA) is 106 Å². The molecule has 8 nitrogen and oxygen atoms in total. The van der Waals surface area contributed by atoms with Crippen LogP contribution in [-0.2, 0) is 26.1 Å². The second kappa shape index (κ2) is 8.30. The number of carboxylic acid groups (broad SMARTS) is 1. The third-order valence-electron chi connectivity index (χ3n) is 3.90. The highest BCUT2D eigenvalue weighted by Crippen LogP contribution is 2.07. The van der Waals surface area contributed by atoms with Crippen LogP contribution in [0.4, 0.5) is 0 Å². The quantitative estimate of drug-likeness (QED) is 0.634. The van der Waals surface area contributed by atoms with E-state index in [0.29, 0.717) is 24.5 Å². The summed E-state index contributed by atoms with van der Waals surface area (Å²) in [7, 11) is 0. The van der Waals surface area contributed by atoms with Gasteiger partial charge in [-0.1, -0.05) is 0 Å². The molecule has 3 rings (SSSR count). The van der Waals surface area contributed by atoms with Gasteiger partial charge in [0.05, 0.1) is 17.8 Å². The van der Waals surface area contributed by atoms with Crippen LogP contribution in [0.2, 0.25) is 0 Å². The lowest BCUT2D eigenvalue weighted by atomic mass is 10.2. The summed E-state index contributed by atoms with van der Waals surface area (Å²) in [5.74, 6) is -0.0369. The maximum atomic E-state index is 11.1. The number of aromatic nitrogens is 5. The van der Waals surface area contributed by atoms with Crippen molar-refractivity contribution in [2.45, 2.75) is 33.0 Å². The third kappa shape index (κ3) is 4.70. The Hall–Kier alpha value is -3.13. The second-order valence-electron chi connectivity index (χ2n) is 5.93. The molecular weight excluding hydrogens is 332 g/mol. The molecule has 0 radical (unpaired) electrons. The van der Waals surface area contributed by atoms with Crippen LogP contribution in [0.25, 0.3) is 0 Å². The summed E-state index contributed by atoms with van der Waals surface area (Å²) >= 11 is 0. The van der Waals surface area contributed by atoms with Crippen LogP contribution >= 0.6 is 0 Å². The van der Waals surface area contributed by atoms with Crippen molar-refractivity contribution in [2.24, 2.45) is 0 Å². The van der Waals surface area contributed by atoms with Gasteiger partial charge in [-0.25, -0.2) is 19.7 Å². The van der Waals surface area contributed by atoms with Gasteiger partial charge in [0.2, 0.25) is 0 Å². The molecule has 2 N–H and O–H groups in total. The number of aromatic carboxylic acids is 1. The number of hydrogen-bond donors (Lipinski definition) is 2. The van der Waals surface area contributed by atoms with E-state index < -0.39 is 5.97 Å². The lowest BCUT2D eigenvalue weighted by Crippen LogP contribution is -2.18. The van der Waals surface area contributed by atoms with Crippen molar-refractivity contribution in [1.82, 2.24) is 29.8 Å². The highest BCUT2D eigenvalue weighted by molar-refractivity contribution is 5.87. The zero-order chi connectivity index (χ0) is 18.4. The maximum Gasteiger partial charge on any atom is 0.335 e. The minimum Gasteiger partial charge on any atom is -0.478 e. The number of aryl methyl sites for hydroxylation is 3. The van der Waals surface area contributed by atoms with Gasteiger partial charge in [0, 0.05) is 43.6 Å². The SMILES string of the molecule is Cc1cc(C(=O)O)cc(CNCc2nccn2CCc2cncnc2)n1. The molecule has 0 spiro atoms. The van der Waals surface area contributed by atoms with Gasteiger partial charge in [0.1, 0.15) is 12.2 Å². The van der Waals surface area contributed by atoms with Crippen molar-refractivity contribution < 1.29 is 9.90 Å². The van der Waals surface area contributed by atoms with Gasteiger partial charge in [-0.3, -0.25) is 4.98 Å². The Morgan fingerprint density at radius 1 is 1.23 bits per heavy atom. The summed E-state index contributed by atoms with van der Waals surface area (Å²) in [6, 6.07) is 3.15. The first-order valence-electron chi connectivity index (χ1n) is 8.27. The van der Waals surface area contributed by atoms with Crippen molar-refractivity contribution >= 4 is 5.97 Å². The lowest BCUT2D eigenvalue weighted by Gasteiger charge is -2.09. The minimum absolute atomic E-state index is 0.251. The summed E-state index contributed by atoms with van der Waals surface area (Å²) in [4.78, 5) is 27.9. The largest absolute Gasteiger partial charge is 0.478 e. The minimum atomic E-state index is -0.947. The monoisotopic (exact) mass is 352 g/mol. The fraction of sp³-hybridized carbons (Fsp3) is 0.278. The first-order chi connectivity index (χ1) is 12.6. The van der Waals surface area contributed by atoms with Crippen LogP contribution in [0, 0.1) is 6.92 Å². The van der Waals surface area contributed by atoms with Crippen LogP contribution in [0.15, 0.2) is 43.2 Å². The number of hydrogen-bond acceptors (Lipinski definition) is 6. The Morgan fingerprint density at radius 3 is 2.81 bits per heavy atom. The van der Waals surface area contributed by atoms with Gasteiger partial charge in [-0.2, -0.15) is 0 Å². The van der Waals surface area contributed by atoms with E-state index in [-0.39, 0.29) is 5.56 Å². The van der Waals surface area contributed by atoms with Gasteiger partial charge in [-0.15, -0.1) is 0 Å². The molecule has 8 heteroatoms. The lowest BCUT2D eigenvalue weighted by molar-refractivity contribution is 0.0696. The Balaban J connectivity index is 1.56. The predicted octanol–water partition coefficient (Wildman–Crippen LogP) is 1.61. The standard InChI is InChI=1S/C18H20N6O2/c1-13-6-15(18(25)26)7-16(23-13)10-19-11-17-22-3-5-24(17)4-2-14-8-20-12-21-9-14/h3,5-9,12,19H,2,4,10-11H2,1H3,(H,25,26). The zero-order valence-electron chi connectivity index (χ0n) is 14.5. The fourth-order valence-corrected chi connectivity index (χ4v) is 2.67. The Bertz CT molecular complexity index is 878. The van der Waals surface area contributed by atoms with E-state index in [1.165, 1.54) is 6.33 Å². The highest BCUT2D eigenvalue weighted by Gasteiger charge is 2.08. The smallest absolute Gasteiger partial charge is 0.335 e. The molecule has 3 aromatic heterocycles. The first-order valence-corrected chi connectivity index (χ1v) is 8.27. The molecule has 0 unspecified atom stereocenters. The van der Waals surface area contributed by atoms with Crippen LogP contribution in [0.3, 0.4) is 0 Å². The van der Waals surface area contributed by atoms with E-state index in [1.807, 2.05) is 18.6 Å². The molecule has 3 heterocycles. The molecule has 0 bridgehead atoms. The van der Waals surface area contributed by atoms with Crippen molar-refractivity contribution in [3.05, 3.63) is 71.6 Å². The van der Waals surface area contributed by atoms with Crippen LogP contribution in [0.1, 0.15) is 33.1 Å². The molecule has 0 aliphatic carbocycles. The van der Waals surface area contributed by atoms with E-state index in [2.05, 4.69) is 29.8 Å². The molecule has 0 amide bonds. The first kappa shape index (κ1) is 17.7. The number of carbonyl (C=O) groups is 1. The molecular formula is C18H20N6O2. The summed E-state index contributed by atoms with van der Waals surface area (Å²) in [6.07, 6.45) is 9.67. The van der Waals surface area contributed by atoms with Crippen molar-refractivity contribution in [3.8, 4) is 0 Å². The van der Waals surface area contributed by atoms with Crippen molar-refractivity contribution in [1.29, 1.82) is 0 Å². The number of imidazole rings is 1. The second-order valence-corrected chi connectivity index (χ2v) is 5.93. The van der Waals surface area contributed by atoms with Crippen LogP contribution < -0.4 is 5.32 Å². The molecule has 134 valence electrons. The summed E-state index contributed by atoms with van der Waals surface area (Å²) in [5, 5.41) is 12.4. The van der Waals surface area contributed by atoms with Gasteiger partial charge >= 0.3 is 5.97 Å². The number of nitrogens with one attached hydrogen (secondary N) is 1. The normalized spacial score (nSPS) is 10.8. The Morgan fingerprint density at radius 2 is 2.04 bits per heavy atom. The van der Waals surface area contributed by atoms with E-state index >= 15 is 0 Å². The highest BCUT2D eigenvalue weighted by atomic mass is 16.4. The van der Waals surface area contributed by atoms with E-state index in [4.69, 9.17) is 5.11 Å². The van der Waals surface area contributed by atoms with Crippen LogP contribution in [0.5, 0.6) is 0 Å². The third-order valence-corrected chi connectivity index (χ3v) is 3.90. The summed E-state index contributed by atoms with van der Waals surface area (Å²) < 4.78 is 2.08. The summed E-state index contributed by atoms with van der Waals surface area (Å²) in [6.45, 7) is 3.61. The molecule has 0 fully saturated rings. The Kier molecular flexibility index (Phi) is 5.65. The molecule has 0 atom stereocenters. The molecule has 0 aromatic carbocycles. The molecule has 0 saturated heterocycles. The van der Waals surface area contributed by atoms with E-state index in [9.17, 15) is 4.79 Å². The van der Waals surface area contributed by atoms with Crippen molar-refractivity contribution in [3.63, 3.8) is 0 Å². The molecule has 0 aliphatic rings. The van der Waals surface area contributed by atoms with Gasteiger partial charge in [-0.05, 0) is 31.0 Å². The average molecular weight is 352 g/mol. The maximum absolute atomic E-state index is 11.1. The number of rotatable bonds is 8. The average Bonchev–Trinajstić information content (AvgIpc) is 3.08. The number of carboxylic acids is 1. The predicted molar refractivity (Wildman–Crippen MR) is 94.4 cm³/mol. The number of nitrogens with zero attached hydrogens (tertiary/aromatic N) is 5. The van der Waals surface area contributed by atoms with Crippen LogP contribution in [-0.4, -0.2) is 35.6 Å². The molecule has 26 heavy (non-hydrogen) atoms. The number of pyridine rings is 1.